The van der Waals surface area contributed by atoms with Gasteiger partial charge in [-0.05, 0) is 25.5 Å². The van der Waals surface area contributed by atoms with Gasteiger partial charge in [0.2, 0.25) is 0 Å². The molecular weight excluding hydrogens is 228 g/mol. The van der Waals surface area contributed by atoms with E-state index in [4.69, 9.17) is 4.74 Å². The minimum absolute atomic E-state index is 0.242. The Morgan fingerprint density at radius 1 is 1.44 bits per heavy atom. The highest BCUT2D eigenvalue weighted by molar-refractivity contribution is 5.85. The SMILES string of the molecule is CC.COC(=O)C(C)n1cc(C)c2cnccc21. The van der Waals surface area contributed by atoms with E-state index in [9.17, 15) is 4.79 Å². The average Bonchev–Trinajstić information content (AvgIpc) is 2.77. The summed E-state index contributed by atoms with van der Waals surface area (Å²) in [5.74, 6) is -0.242. The minimum atomic E-state index is -0.316. The van der Waals surface area contributed by atoms with Crippen LogP contribution in [-0.4, -0.2) is 22.6 Å². The molecular formula is C14H20N2O2. The van der Waals surface area contributed by atoms with Crippen LogP contribution in [-0.2, 0) is 9.53 Å². The molecule has 1 unspecified atom stereocenters. The van der Waals surface area contributed by atoms with E-state index in [1.165, 1.54) is 7.11 Å². The molecule has 0 bridgehead atoms. The Labute approximate surface area is 108 Å². The van der Waals surface area contributed by atoms with Gasteiger partial charge in [0.15, 0.2) is 0 Å². The lowest BCUT2D eigenvalue weighted by Crippen LogP contribution is -2.16. The van der Waals surface area contributed by atoms with Gasteiger partial charge in [-0.3, -0.25) is 4.98 Å². The van der Waals surface area contributed by atoms with Gasteiger partial charge in [0.05, 0.1) is 12.6 Å². The number of fused-ring (bicyclic) bond motifs is 1. The number of ether oxygens (including phenoxy) is 1. The number of nitrogens with zero attached hydrogens (tertiary/aromatic N) is 2. The first-order valence-electron chi connectivity index (χ1n) is 6.14. The second-order valence-corrected chi connectivity index (χ2v) is 3.81. The summed E-state index contributed by atoms with van der Waals surface area (Å²) < 4.78 is 6.66. The number of aryl methyl sites for hydroxylation is 1. The van der Waals surface area contributed by atoms with Crippen LogP contribution in [0.4, 0.5) is 0 Å². The summed E-state index contributed by atoms with van der Waals surface area (Å²) in [5, 5.41) is 1.07. The highest BCUT2D eigenvalue weighted by Gasteiger charge is 2.17. The molecule has 0 radical (unpaired) electrons. The van der Waals surface area contributed by atoms with E-state index in [1.807, 2.05) is 50.7 Å². The van der Waals surface area contributed by atoms with Gasteiger partial charge in [0.1, 0.15) is 6.04 Å². The highest BCUT2D eigenvalue weighted by Crippen LogP contribution is 2.23. The average molecular weight is 248 g/mol. The van der Waals surface area contributed by atoms with Crippen LogP contribution in [0.2, 0.25) is 0 Å². The van der Waals surface area contributed by atoms with Crippen molar-refractivity contribution in [2.75, 3.05) is 7.11 Å². The lowest BCUT2D eigenvalue weighted by atomic mass is 10.2. The summed E-state index contributed by atoms with van der Waals surface area (Å²) in [6.07, 6.45) is 5.49. The standard InChI is InChI=1S/C12H14N2O2.C2H6/c1-8-7-14(9(2)12(15)16-3)11-4-5-13-6-10(8)11;1-2/h4-7,9H,1-3H3;1-2H3. The Hall–Kier alpha value is -1.84. The predicted octanol–water partition coefficient (Wildman–Crippen LogP) is 3.10. The first kappa shape index (κ1) is 14.2. The second-order valence-electron chi connectivity index (χ2n) is 3.81. The van der Waals surface area contributed by atoms with Crippen LogP contribution >= 0.6 is 0 Å². The fraction of sp³-hybridized carbons (Fsp3) is 0.429. The number of methoxy groups -OCH3 is 1. The van der Waals surface area contributed by atoms with Gasteiger partial charge in [-0.25, -0.2) is 4.79 Å². The Morgan fingerprint density at radius 3 is 2.72 bits per heavy atom. The smallest absolute Gasteiger partial charge is 0.328 e. The van der Waals surface area contributed by atoms with Gasteiger partial charge in [-0.15, -0.1) is 0 Å². The molecule has 0 amide bonds. The first-order valence-corrected chi connectivity index (χ1v) is 6.14. The molecule has 1 atom stereocenters. The third kappa shape index (κ3) is 2.53. The monoisotopic (exact) mass is 248 g/mol. The van der Waals surface area contributed by atoms with Gasteiger partial charge in [-0.1, -0.05) is 13.8 Å². The lowest BCUT2D eigenvalue weighted by Gasteiger charge is -2.12. The van der Waals surface area contributed by atoms with Crippen LogP contribution in [0, 0.1) is 6.92 Å². The lowest BCUT2D eigenvalue weighted by molar-refractivity contribution is -0.143. The maximum atomic E-state index is 11.5. The fourth-order valence-electron chi connectivity index (χ4n) is 1.87. The van der Waals surface area contributed by atoms with E-state index in [0.29, 0.717) is 0 Å². The summed E-state index contributed by atoms with van der Waals surface area (Å²) in [6, 6.07) is 1.59. The van der Waals surface area contributed by atoms with E-state index in [2.05, 4.69) is 4.98 Å². The molecule has 0 saturated carbocycles. The predicted molar refractivity (Wildman–Crippen MR) is 72.5 cm³/mol. The minimum Gasteiger partial charge on any atom is -0.467 e. The van der Waals surface area contributed by atoms with Crippen molar-refractivity contribution < 1.29 is 9.53 Å². The number of hydrogen-bond acceptors (Lipinski definition) is 3. The van der Waals surface area contributed by atoms with Gasteiger partial charge in [-0.2, -0.15) is 0 Å². The number of hydrogen-bond donors (Lipinski definition) is 0. The van der Waals surface area contributed by atoms with Crippen LogP contribution in [0.3, 0.4) is 0 Å². The molecule has 0 spiro atoms. The van der Waals surface area contributed by atoms with Crippen LogP contribution in [0.25, 0.3) is 10.9 Å². The van der Waals surface area contributed by atoms with Crippen molar-refractivity contribution in [3.05, 3.63) is 30.2 Å². The summed E-state index contributed by atoms with van der Waals surface area (Å²) >= 11 is 0. The van der Waals surface area contributed by atoms with Crippen LogP contribution in [0.5, 0.6) is 0 Å². The van der Waals surface area contributed by atoms with Gasteiger partial charge >= 0.3 is 5.97 Å². The van der Waals surface area contributed by atoms with Crippen molar-refractivity contribution in [3.63, 3.8) is 0 Å². The molecule has 0 saturated heterocycles. The van der Waals surface area contributed by atoms with Crippen molar-refractivity contribution >= 4 is 16.9 Å². The van der Waals surface area contributed by atoms with Crippen LogP contribution in [0.1, 0.15) is 32.4 Å². The molecule has 18 heavy (non-hydrogen) atoms. The number of pyridine rings is 1. The molecule has 4 nitrogen and oxygen atoms in total. The van der Waals surface area contributed by atoms with Gasteiger partial charge in [0, 0.05) is 24.0 Å². The summed E-state index contributed by atoms with van der Waals surface area (Å²) in [6.45, 7) is 7.83. The van der Waals surface area contributed by atoms with Crippen LogP contribution in [0.15, 0.2) is 24.7 Å². The third-order valence-electron chi connectivity index (χ3n) is 2.79. The zero-order valence-electron chi connectivity index (χ0n) is 11.6. The van der Waals surface area contributed by atoms with Crippen molar-refractivity contribution in [1.29, 1.82) is 0 Å². The molecule has 0 fully saturated rings. The number of carbonyl (C=O) groups is 1. The van der Waals surface area contributed by atoms with Crippen molar-refractivity contribution in [3.8, 4) is 0 Å². The Kier molecular flexibility index (Phi) is 4.89. The fourth-order valence-corrected chi connectivity index (χ4v) is 1.87. The summed E-state index contributed by atoms with van der Waals surface area (Å²) in [4.78, 5) is 15.6. The maximum Gasteiger partial charge on any atom is 0.328 e. The zero-order chi connectivity index (χ0) is 13.7. The summed E-state index contributed by atoms with van der Waals surface area (Å²) in [7, 11) is 1.40. The second kappa shape index (κ2) is 6.19. The van der Waals surface area contributed by atoms with E-state index in [0.717, 1.165) is 16.5 Å². The molecule has 2 rings (SSSR count). The molecule has 98 valence electrons. The van der Waals surface area contributed by atoms with Crippen molar-refractivity contribution in [1.82, 2.24) is 9.55 Å². The topological polar surface area (TPSA) is 44.1 Å². The Morgan fingerprint density at radius 2 is 2.11 bits per heavy atom. The number of esters is 1. The summed E-state index contributed by atoms with van der Waals surface area (Å²) in [5.41, 5.74) is 2.12. The largest absolute Gasteiger partial charge is 0.467 e. The number of rotatable bonds is 2. The third-order valence-corrected chi connectivity index (χ3v) is 2.79. The zero-order valence-corrected chi connectivity index (χ0v) is 11.6. The first-order chi connectivity index (χ1) is 8.65. The molecule has 0 N–H and O–H groups in total. The van der Waals surface area contributed by atoms with E-state index < -0.39 is 0 Å². The maximum absolute atomic E-state index is 11.5. The van der Waals surface area contributed by atoms with Gasteiger partial charge < -0.3 is 9.30 Å². The molecule has 2 heterocycles. The Balaban J connectivity index is 0.000000771. The molecule has 4 heteroatoms. The van der Waals surface area contributed by atoms with E-state index in [1.54, 1.807) is 6.20 Å². The Bertz CT molecular complexity index is 532. The van der Waals surface area contributed by atoms with Crippen LogP contribution < -0.4 is 0 Å². The highest BCUT2D eigenvalue weighted by atomic mass is 16.5. The van der Waals surface area contributed by atoms with E-state index in [-0.39, 0.29) is 12.0 Å². The molecule has 2 aromatic rings. The molecule has 0 aliphatic heterocycles. The van der Waals surface area contributed by atoms with Gasteiger partial charge in [0.25, 0.3) is 0 Å². The molecule has 0 aliphatic carbocycles. The molecule has 0 aliphatic rings. The molecule has 0 aromatic carbocycles. The number of carbonyl (C=O) groups excluding carboxylic acids is 1. The quantitative estimate of drug-likeness (QED) is 0.767. The van der Waals surface area contributed by atoms with Crippen molar-refractivity contribution in [2.24, 2.45) is 0 Å². The number of aromatic nitrogens is 2. The van der Waals surface area contributed by atoms with Crippen molar-refractivity contribution in [2.45, 2.75) is 33.7 Å². The normalized spacial score (nSPS) is 11.6. The molecule has 2 aromatic heterocycles. The van der Waals surface area contributed by atoms with E-state index >= 15 is 0 Å².